The number of halogens is 1. The first kappa shape index (κ1) is 20.7. The average Bonchev–Trinajstić information content (AvgIpc) is 3.46. The number of aromatic nitrogens is 5. The largest absolute Gasteiger partial charge is 0.378 e. The molecule has 164 valence electrons. The molecule has 0 N–H and O–H groups in total. The molecule has 5 rings (SSSR count). The van der Waals surface area contributed by atoms with E-state index in [2.05, 4.69) is 25.2 Å². The minimum absolute atomic E-state index is 0.318. The van der Waals surface area contributed by atoms with Crippen LogP contribution < -0.4 is 4.90 Å². The summed E-state index contributed by atoms with van der Waals surface area (Å²) in [6.07, 6.45) is 0. The van der Waals surface area contributed by atoms with Gasteiger partial charge in [-0.3, -0.25) is 4.57 Å². The van der Waals surface area contributed by atoms with Crippen LogP contribution >= 0.6 is 11.8 Å². The number of ether oxygens (including phenoxy) is 1. The van der Waals surface area contributed by atoms with Crippen molar-refractivity contribution >= 4 is 17.7 Å². The van der Waals surface area contributed by atoms with Crippen LogP contribution in [0.2, 0.25) is 0 Å². The van der Waals surface area contributed by atoms with Crippen molar-refractivity contribution in [3.63, 3.8) is 0 Å². The van der Waals surface area contributed by atoms with Crippen LogP contribution in [-0.4, -0.2) is 51.2 Å². The second kappa shape index (κ2) is 9.09. The third-order valence-corrected chi connectivity index (χ3v) is 5.97. The van der Waals surface area contributed by atoms with Crippen molar-refractivity contribution in [1.29, 1.82) is 0 Å². The number of morpholine rings is 1. The topological polar surface area (TPSA) is 82.1 Å². The van der Waals surface area contributed by atoms with Crippen LogP contribution in [0, 0.1) is 12.7 Å². The van der Waals surface area contributed by atoms with Gasteiger partial charge in [0.05, 0.1) is 24.7 Å². The lowest BCUT2D eigenvalue weighted by molar-refractivity contribution is 0.122. The summed E-state index contributed by atoms with van der Waals surface area (Å²) in [5.74, 6) is 1.81. The zero-order valence-electron chi connectivity index (χ0n) is 17.4. The van der Waals surface area contributed by atoms with E-state index in [1.165, 1.54) is 23.9 Å². The fourth-order valence-electron chi connectivity index (χ4n) is 3.50. The highest BCUT2D eigenvalue weighted by atomic mass is 32.2. The normalized spacial score (nSPS) is 14.1. The van der Waals surface area contributed by atoms with Crippen LogP contribution in [0.4, 0.5) is 10.3 Å². The van der Waals surface area contributed by atoms with Gasteiger partial charge in [0.25, 0.3) is 5.89 Å². The Morgan fingerprint density at radius 3 is 2.72 bits per heavy atom. The summed E-state index contributed by atoms with van der Waals surface area (Å²) in [5.41, 5.74) is 2.66. The zero-order valence-corrected chi connectivity index (χ0v) is 18.3. The molecule has 32 heavy (non-hydrogen) atoms. The Balaban J connectivity index is 1.41. The van der Waals surface area contributed by atoms with E-state index in [1.54, 1.807) is 6.07 Å². The quantitative estimate of drug-likeness (QED) is 0.408. The molecular formula is C22H21FN6O2S. The summed E-state index contributed by atoms with van der Waals surface area (Å²) in [5, 5.41) is 13.5. The summed E-state index contributed by atoms with van der Waals surface area (Å²) in [6, 6.07) is 14.3. The molecule has 10 heteroatoms. The molecule has 0 saturated carbocycles. The van der Waals surface area contributed by atoms with Crippen LogP contribution in [-0.2, 0) is 10.5 Å². The van der Waals surface area contributed by atoms with E-state index in [4.69, 9.17) is 9.26 Å². The minimum Gasteiger partial charge on any atom is -0.378 e. The first-order valence-electron chi connectivity index (χ1n) is 10.2. The van der Waals surface area contributed by atoms with Crippen molar-refractivity contribution in [3.05, 3.63) is 65.7 Å². The van der Waals surface area contributed by atoms with Gasteiger partial charge in [0.1, 0.15) is 5.82 Å². The highest BCUT2D eigenvalue weighted by Crippen LogP contribution is 2.29. The second-order valence-electron chi connectivity index (χ2n) is 7.37. The van der Waals surface area contributed by atoms with E-state index in [9.17, 15) is 4.39 Å². The first-order chi connectivity index (χ1) is 15.7. The molecule has 3 heterocycles. The Morgan fingerprint density at radius 2 is 1.91 bits per heavy atom. The number of aryl methyl sites for hydroxylation is 1. The summed E-state index contributed by atoms with van der Waals surface area (Å²) in [7, 11) is 0. The average molecular weight is 453 g/mol. The maximum atomic E-state index is 14.0. The second-order valence-corrected chi connectivity index (χ2v) is 8.31. The van der Waals surface area contributed by atoms with Gasteiger partial charge < -0.3 is 14.2 Å². The summed E-state index contributed by atoms with van der Waals surface area (Å²) in [6.45, 7) is 4.64. The fourth-order valence-corrected chi connectivity index (χ4v) is 4.29. The van der Waals surface area contributed by atoms with E-state index in [0.29, 0.717) is 60.6 Å². The minimum atomic E-state index is -0.318. The molecular weight excluding hydrogens is 431 g/mol. The molecule has 0 aliphatic carbocycles. The van der Waals surface area contributed by atoms with Crippen molar-refractivity contribution in [2.24, 2.45) is 0 Å². The first-order valence-corrected chi connectivity index (χ1v) is 11.2. The number of thioether (sulfide) groups is 1. The summed E-state index contributed by atoms with van der Waals surface area (Å²) < 4.78 is 26.7. The van der Waals surface area contributed by atoms with Gasteiger partial charge in [-0.05, 0) is 37.3 Å². The molecule has 0 amide bonds. The Labute approximate surface area is 188 Å². The molecule has 0 bridgehead atoms. The molecule has 0 unspecified atom stereocenters. The highest BCUT2D eigenvalue weighted by molar-refractivity contribution is 7.98. The van der Waals surface area contributed by atoms with E-state index in [1.807, 2.05) is 41.8 Å². The Bertz CT molecular complexity index is 1220. The van der Waals surface area contributed by atoms with Gasteiger partial charge in [-0.1, -0.05) is 40.7 Å². The zero-order chi connectivity index (χ0) is 21.9. The third-order valence-electron chi connectivity index (χ3n) is 5.04. The van der Waals surface area contributed by atoms with E-state index >= 15 is 0 Å². The third kappa shape index (κ3) is 4.37. The predicted octanol–water partition coefficient (Wildman–Crippen LogP) is 3.89. The summed E-state index contributed by atoms with van der Waals surface area (Å²) in [4.78, 5) is 6.60. The van der Waals surface area contributed by atoms with Crippen molar-refractivity contribution in [1.82, 2.24) is 24.9 Å². The van der Waals surface area contributed by atoms with Gasteiger partial charge in [0, 0.05) is 18.7 Å². The lowest BCUT2D eigenvalue weighted by Gasteiger charge is -2.27. The number of anilines is 1. The Morgan fingerprint density at radius 1 is 1.06 bits per heavy atom. The Hall–Kier alpha value is -3.24. The van der Waals surface area contributed by atoms with E-state index in [-0.39, 0.29) is 5.82 Å². The maximum Gasteiger partial charge on any atom is 0.257 e. The van der Waals surface area contributed by atoms with Crippen molar-refractivity contribution in [2.75, 3.05) is 31.2 Å². The molecule has 0 spiro atoms. The molecule has 0 radical (unpaired) electrons. The fraction of sp³-hybridized carbons (Fsp3) is 0.273. The number of nitrogens with zero attached hydrogens (tertiary/aromatic N) is 6. The summed E-state index contributed by atoms with van der Waals surface area (Å²) >= 11 is 1.42. The monoisotopic (exact) mass is 452 g/mol. The maximum absolute atomic E-state index is 14.0. The van der Waals surface area contributed by atoms with Gasteiger partial charge in [0.2, 0.25) is 5.95 Å². The van der Waals surface area contributed by atoms with Crippen LogP contribution in [0.3, 0.4) is 0 Å². The smallest absolute Gasteiger partial charge is 0.257 e. The van der Waals surface area contributed by atoms with Gasteiger partial charge in [-0.2, -0.15) is 4.98 Å². The van der Waals surface area contributed by atoms with Gasteiger partial charge in [-0.15, -0.1) is 10.2 Å². The van der Waals surface area contributed by atoms with Crippen LogP contribution in [0.5, 0.6) is 0 Å². The van der Waals surface area contributed by atoms with Crippen molar-refractivity contribution < 1.29 is 13.7 Å². The molecule has 2 aromatic heterocycles. The van der Waals surface area contributed by atoms with Crippen LogP contribution in [0.15, 0.2) is 58.2 Å². The standard InChI is InChI=1S/C22H21FN6O2S/c1-15-4-2-5-16(12-15)20-24-19(27-31-20)14-32-22-26-25-21(28-8-10-30-11-9-28)29(22)18-7-3-6-17(23)13-18/h2-7,12-13H,8-11,14H2,1H3. The molecule has 1 aliphatic rings. The number of hydrogen-bond donors (Lipinski definition) is 0. The highest BCUT2D eigenvalue weighted by Gasteiger charge is 2.22. The van der Waals surface area contributed by atoms with E-state index in [0.717, 1.165) is 11.1 Å². The molecule has 8 nitrogen and oxygen atoms in total. The van der Waals surface area contributed by atoms with Crippen LogP contribution in [0.25, 0.3) is 17.1 Å². The van der Waals surface area contributed by atoms with E-state index < -0.39 is 0 Å². The number of benzene rings is 2. The number of hydrogen-bond acceptors (Lipinski definition) is 8. The molecule has 1 saturated heterocycles. The van der Waals surface area contributed by atoms with Gasteiger partial charge >= 0.3 is 0 Å². The molecule has 1 fully saturated rings. The molecule has 4 aromatic rings. The lowest BCUT2D eigenvalue weighted by atomic mass is 10.1. The van der Waals surface area contributed by atoms with Gasteiger partial charge in [0.15, 0.2) is 11.0 Å². The molecule has 2 aromatic carbocycles. The lowest BCUT2D eigenvalue weighted by Crippen LogP contribution is -2.37. The predicted molar refractivity (Wildman–Crippen MR) is 118 cm³/mol. The van der Waals surface area contributed by atoms with Gasteiger partial charge in [-0.25, -0.2) is 4.39 Å². The molecule has 1 aliphatic heterocycles. The van der Waals surface area contributed by atoms with Crippen molar-refractivity contribution in [3.8, 4) is 17.1 Å². The Kier molecular flexibility index (Phi) is 5.87. The van der Waals surface area contributed by atoms with Crippen LogP contribution in [0.1, 0.15) is 11.4 Å². The number of rotatable bonds is 6. The SMILES string of the molecule is Cc1cccc(-c2nc(CSc3nnc(N4CCOCC4)n3-c3cccc(F)c3)no2)c1. The molecule has 0 atom stereocenters. The van der Waals surface area contributed by atoms with Crippen molar-refractivity contribution in [2.45, 2.75) is 17.8 Å².